The molecule has 0 amide bonds. The lowest BCUT2D eigenvalue weighted by molar-refractivity contribution is 0.387. The third kappa shape index (κ3) is 3.21. The Bertz CT molecular complexity index is 873. The van der Waals surface area contributed by atoms with E-state index in [9.17, 15) is 9.18 Å². The predicted molar refractivity (Wildman–Crippen MR) is 83.3 cm³/mol. The molecule has 2 heterocycles. The number of rotatable bonds is 4. The van der Waals surface area contributed by atoms with Gasteiger partial charge in [-0.2, -0.15) is 0 Å². The van der Waals surface area contributed by atoms with Crippen LogP contribution in [0.1, 0.15) is 0 Å². The third-order valence-electron chi connectivity index (χ3n) is 3.16. The Morgan fingerprint density at radius 3 is 2.65 bits per heavy atom. The van der Waals surface area contributed by atoms with Crippen molar-refractivity contribution in [2.24, 2.45) is 0 Å². The smallest absolute Gasteiger partial charge is 0.248 e. The van der Waals surface area contributed by atoms with Crippen LogP contribution in [0.4, 0.5) is 4.39 Å². The molecule has 0 atom stereocenters. The van der Waals surface area contributed by atoms with Gasteiger partial charge in [0.2, 0.25) is 11.4 Å². The maximum absolute atomic E-state index is 14.3. The van der Waals surface area contributed by atoms with Gasteiger partial charge >= 0.3 is 0 Å². The van der Waals surface area contributed by atoms with Crippen LogP contribution in [0.3, 0.4) is 0 Å². The molecule has 0 saturated carbocycles. The van der Waals surface area contributed by atoms with E-state index >= 15 is 0 Å². The van der Waals surface area contributed by atoms with Crippen molar-refractivity contribution >= 4 is 0 Å². The van der Waals surface area contributed by atoms with Crippen molar-refractivity contribution in [1.82, 2.24) is 9.97 Å². The van der Waals surface area contributed by atoms with Gasteiger partial charge in [0, 0.05) is 23.9 Å². The maximum atomic E-state index is 14.3. The number of benzene rings is 1. The fourth-order valence-electron chi connectivity index (χ4n) is 2.07. The van der Waals surface area contributed by atoms with Crippen molar-refractivity contribution in [2.75, 3.05) is 7.11 Å². The Labute approximate surface area is 131 Å². The first-order valence-corrected chi connectivity index (χ1v) is 6.84. The summed E-state index contributed by atoms with van der Waals surface area (Å²) in [5, 5.41) is 0. The average Bonchev–Trinajstić information content (AvgIpc) is 2.57. The third-order valence-corrected chi connectivity index (χ3v) is 3.16. The summed E-state index contributed by atoms with van der Waals surface area (Å²) in [7, 11) is 1.41. The van der Waals surface area contributed by atoms with Crippen molar-refractivity contribution in [3.8, 4) is 28.6 Å². The largest absolute Gasteiger partial charge is 0.494 e. The highest BCUT2D eigenvalue weighted by molar-refractivity contribution is 5.62. The number of hydrogen-bond acceptors (Lipinski definition) is 4. The summed E-state index contributed by atoms with van der Waals surface area (Å²) in [6.07, 6.45) is 1.43. The molecular formula is C17H13FN2O3. The Morgan fingerprint density at radius 1 is 1.09 bits per heavy atom. The van der Waals surface area contributed by atoms with Crippen molar-refractivity contribution in [3.63, 3.8) is 0 Å². The number of aromatic amines is 1. The summed E-state index contributed by atoms with van der Waals surface area (Å²) in [6.45, 7) is 0. The first-order chi connectivity index (χ1) is 11.2. The minimum Gasteiger partial charge on any atom is -0.494 e. The normalized spacial score (nSPS) is 10.3. The van der Waals surface area contributed by atoms with Crippen LogP contribution >= 0.6 is 0 Å². The molecule has 1 N–H and O–H groups in total. The Kier molecular flexibility index (Phi) is 4.05. The van der Waals surface area contributed by atoms with Crippen LogP contribution in [-0.4, -0.2) is 17.1 Å². The van der Waals surface area contributed by atoms with E-state index in [-0.39, 0.29) is 17.2 Å². The monoisotopic (exact) mass is 312 g/mol. The lowest BCUT2D eigenvalue weighted by atomic mass is 10.1. The Hall–Kier alpha value is -3.15. The molecule has 0 aliphatic heterocycles. The fourth-order valence-corrected chi connectivity index (χ4v) is 2.07. The van der Waals surface area contributed by atoms with Crippen molar-refractivity contribution in [3.05, 3.63) is 70.9 Å². The zero-order valence-corrected chi connectivity index (χ0v) is 12.2. The number of nitrogens with zero attached hydrogens (tertiary/aromatic N) is 1. The van der Waals surface area contributed by atoms with Crippen LogP contribution in [0.5, 0.6) is 17.4 Å². The van der Waals surface area contributed by atoms with Gasteiger partial charge in [-0.15, -0.1) is 0 Å². The van der Waals surface area contributed by atoms with E-state index in [4.69, 9.17) is 9.47 Å². The molecule has 116 valence electrons. The first kappa shape index (κ1) is 14.8. The second kappa shape index (κ2) is 6.31. The molecule has 6 heteroatoms. The van der Waals surface area contributed by atoms with E-state index < -0.39 is 5.82 Å². The summed E-state index contributed by atoms with van der Waals surface area (Å²) in [6, 6.07) is 12.8. The standard InChI is InChI=1S/C17H13FN2O3/c1-22-14-6-2-4-12(17(14)18)13-5-3-7-16(20-13)23-11-8-9-15(21)19-10-11/h2-10H,1H3,(H,19,21). The number of halogens is 1. The highest BCUT2D eigenvalue weighted by Gasteiger charge is 2.12. The number of hydrogen-bond donors (Lipinski definition) is 1. The number of pyridine rings is 2. The van der Waals surface area contributed by atoms with Gasteiger partial charge in [0.1, 0.15) is 5.75 Å². The predicted octanol–water partition coefficient (Wildman–Crippen LogP) is 3.38. The van der Waals surface area contributed by atoms with Crippen LogP contribution in [0.25, 0.3) is 11.3 Å². The molecule has 0 aliphatic rings. The lowest BCUT2D eigenvalue weighted by Crippen LogP contribution is -2.01. The zero-order valence-electron chi connectivity index (χ0n) is 12.2. The molecule has 0 saturated heterocycles. The van der Waals surface area contributed by atoms with Gasteiger partial charge in [-0.1, -0.05) is 12.1 Å². The summed E-state index contributed by atoms with van der Waals surface area (Å²) in [5.74, 6) is 0.386. The Morgan fingerprint density at radius 2 is 1.91 bits per heavy atom. The van der Waals surface area contributed by atoms with Crippen molar-refractivity contribution < 1.29 is 13.9 Å². The molecule has 0 aliphatic carbocycles. The molecule has 5 nitrogen and oxygen atoms in total. The van der Waals surface area contributed by atoms with Gasteiger partial charge in [-0.05, 0) is 24.3 Å². The second-order valence-corrected chi connectivity index (χ2v) is 4.67. The molecule has 0 unspecified atom stereocenters. The molecular weight excluding hydrogens is 299 g/mol. The highest BCUT2D eigenvalue weighted by Crippen LogP contribution is 2.29. The average molecular weight is 312 g/mol. The molecule has 0 radical (unpaired) electrons. The van der Waals surface area contributed by atoms with E-state index in [0.29, 0.717) is 17.0 Å². The SMILES string of the molecule is COc1cccc(-c2cccc(Oc3ccc(=O)[nH]c3)n2)c1F. The lowest BCUT2D eigenvalue weighted by Gasteiger charge is -2.09. The number of methoxy groups -OCH3 is 1. The van der Waals surface area contributed by atoms with Crippen LogP contribution in [0.15, 0.2) is 59.5 Å². The van der Waals surface area contributed by atoms with Gasteiger partial charge in [0.15, 0.2) is 11.6 Å². The van der Waals surface area contributed by atoms with Crippen molar-refractivity contribution in [2.45, 2.75) is 0 Å². The zero-order chi connectivity index (χ0) is 16.2. The molecule has 23 heavy (non-hydrogen) atoms. The fraction of sp³-hybridized carbons (Fsp3) is 0.0588. The number of H-pyrrole nitrogens is 1. The summed E-state index contributed by atoms with van der Waals surface area (Å²) < 4.78 is 24.8. The van der Waals surface area contributed by atoms with Crippen molar-refractivity contribution in [1.29, 1.82) is 0 Å². The second-order valence-electron chi connectivity index (χ2n) is 4.67. The van der Waals surface area contributed by atoms with Gasteiger partial charge in [0.25, 0.3) is 0 Å². The van der Waals surface area contributed by atoms with Crippen LogP contribution in [0, 0.1) is 5.82 Å². The van der Waals surface area contributed by atoms with Crippen LogP contribution < -0.4 is 15.0 Å². The molecule has 2 aromatic heterocycles. The van der Waals surface area contributed by atoms with E-state index in [2.05, 4.69) is 9.97 Å². The van der Waals surface area contributed by atoms with E-state index in [1.807, 2.05) is 0 Å². The van der Waals surface area contributed by atoms with Gasteiger partial charge in [-0.3, -0.25) is 4.79 Å². The molecule has 0 bridgehead atoms. The number of nitrogens with one attached hydrogen (secondary N) is 1. The Balaban J connectivity index is 1.94. The van der Waals surface area contributed by atoms with E-state index in [1.165, 1.54) is 25.4 Å². The summed E-state index contributed by atoms with van der Waals surface area (Å²) in [5.41, 5.74) is 0.511. The summed E-state index contributed by atoms with van der Waals surface area (Å²) >= 11 is 0. The number of ether oxygens (including phenoxy) is 2. The molecule has 0 spiro atoms. The van der Waals surface area contributed by atoms with Gasteiger partial charge < -0.3 is 14.5 Å². The van der Waals surface area contributed by atoms with Crippen LogP contribution in [0.2, 0.25) is 0 Å². The maximum Gasteiger partial charge on any atom is 0.248 e. The molecule has 3 rings (SSSR count). The minimum atomic E-state index is -0.483. The number of aromatic nitrogens is 2. The topological polar surface area (TPSA) is 64.2 Å². The van der Waals surface area contributed by atoms with E-state index in [1.54, 1.807) is 36.4 Å². The highest BCUT2D eigenvalue weighted by atomic mass is 19.1. The first-order valence-electron chi connectivity index (χ1n) is 6.84. The molecule has 1 aromatic carbocycles. The van der Waals surface area contributed by atoms with Gasteiger partial charge in [0.05, 0.1) is 12.8 Å². The molecule has 3 aromatic rings. The molecule has 0 fully saturated rings. The van der Waals surface area contributed by atoms with E-state index in [0.717, 1.165) is 0 Å². The van der Waals surface area contributed by atoms with Gasteiger partial charge in [-0.25, -0.2) is 9.37 Å². The quantitative estimate of drug-likeness (QED) is 0.802. The van der Waals surface area contributed by atoms with Crippen LogP contribution in [-0.2, 0) is 0 Å². The summed E-state index contributed by atoms with van der Waals surface area (Å²) in [4.78, 5) is 17.8. The minimum absolute atomic E-state index is 0.149.